The number of nitrogens with one attached hydrogen (secondary N) is 1. The van der Waals surface area contributed by atoms with Crippen molar-refractivity contribution in [2.24, 2.45) is 17.8 Å². The molecule has 0 radical (unpaired) electrons. The predicted octanol–water partition coefficient (Wildman–Crippen LogP) is 0.564. The molecule has 0 spiro atoms. The summed E-state index contributed by atoms with van der Waals surface area (Å²) in [5, 5.41) is 3.38. The molecule has 0 aromatic rings. The lowest BCUT2D eigenvalue weighted by Crippen LogP contribution is -2.24. The zero-order valence-corrected chi connectivity index (χ0v) is 9.48. The maximum atomic E-state index is 11.9. The van der Waals surface area contributed by atoms with Gasteiger partial charge in [-0.25, -0.2) is 0 Å². The van der Waals surface area contributed by atoms with Crippen LogP contribution in [0.3, 0.4) is 0 Å². The molecule has 1 N–H and O–H groups in total. The molecular formula is C12H19NO3. The van der Waals surface area contributed by atoms with Gasteiger partial charge in [0.15, 0.2) is 0 Å². The molecule has 3 fully saturated rings. The average Bonchev–Trinajstić information content (AvgIpc) is 2.91. The van der Waals surface area contributed by atoms with Gasteiger partial charge in [0.25, 0.3) is 0 Å². The van der Waals surface area contributed by atoms with Crippen LogP contribution >= 0.6 is 0 Å². The standard InChI is InChI=1S/C12H19NO3/c14-12(16-11-1-2-15-7-11)8-3-9-5-13-6-10(9)4-8/h8-11,13H,1-7H2/t8?,9-,10+,11?. The zero-order valence-electron chi connectivity index (χ0n) is 9.48. The van der Waals surface area contributed by atoms with Crippen LogP contribution in [0.4, 0.5) is 0 Å². The van der Waals surface area contributed by atoms with E-state index in [1.807, 2.05) is 0 Å². The molecule has 3 rings (SSSR count). The molecule has 1 aliphatic carbocycles. The lowest BCUT2D eigenvalue weighted by Gasteiger charge is -2.14. The molecule has 4 atom stereocenters. The van der Waals surface area contributed by atoms with E-state index in [-0.39, 0.29) is 18.0 Å². The summed E-state index contributed by atoms with van der Waals surface area (Å²) in [5.74, 6) is 1.58. The van der Waals surface area contributed by atoms with Gasteiger partial charge >= 0.3 is 5.97 Å². The Morgan fingerprint density at radius 1 is 1.25 bits per heavy atom. The first kappa shape index (κ1) is 10.5. The molecule has 2 saturated heterocycles. The van der Waals surface area contributed by atoms with E-state index in [2.05, 4.69) is 5.32 Å². The number of carbonyl (C=O) groups is 1. The van der Waals surface area contributed by atoms with Gasteiger partial charge in [-0.15, -0.1) is 0 Å². The van der Waals surface area contributed by atoms with Gasteiger partial charge in [-0.3, -0.25) is 4.79 Å². The minimum atomic E-state index is 0.0184. The number of hydrogen-bond acceptors (Lipinski definition) is 4. The number of esters is 1. The van der Waals surface area contributed by atoms with E-state index in [9.17, 15) is 4.79 Å². The third-order valence-electron chi connectivity index (χ3n) is 4.16. The normalized spacial score (nSPS) is 42.2. The van der Waals surface area contributed by atoms with Crippen LogP contribution in [-0.4, -0.2) is 38.4 Å². The maximum Gasteiger partial charge on any atom is 0.309 e. The zero-order chi connectivity index (χ0) is 11.0. The Balaban J connectivity index is 1.51. The number of ether oxygens (including phenoxy) is 2. The number of carbonyl (C=O) groups excluding carboxylic acids is 1. The van der Waals surface area contributed by atoms with Crippen LogP contribution in [-0.2, 0) is 14.3 Å². The van der Waals surface area contributed by atoms with Crippen LogP contribution in [0.15, 0.2) is 0 Å². The minimum absolute atomic E-state index is 0.0184. The monoisotopic (exact) mass is 225 g/mol. The third kappa shape index (κ3) is 1.96. The van der Waals surface area contributed by atoms with Crippen molar-refractivity contribution < 1.29 is 14.3 Å². The molecular weight excluding hydrogens is 206 g/mol. The Bertz CT molecular complexity index is 263. The largest absolute Gasteiger partial charge is 0.460 e. The fourth-order valence-electron chi connectivity index (χ4n) is 3.22. The topological polar surface area (TPSA) is 47.6 Å². The van der Waals surface area contributed by atoms with E-state index >= 15 is 0 Å². The van der Waals surface area contributed by atoms with Gasteiger partial charge < -0.3 is 14.8 Å². The fourth-order valence-corrected chi connectivity index (χ4v) is 3.22. The fraction of sp³-hybridized carbons (Fsp3) is 0.917. The molecule has 0 aromatic carbocycles. The highest BCUT2D eigenvalue weighted by Crippen LogP contribution is 2.39. The summed E-state index contributed by atoms with van der Waals surface area (Å²) >= 11 is 0. The molecule has 4 heteroatoms. The van der Waals surface area contributed by atoms with E-state index in [0.717, 1.165) is 39.0 Å². The first-order chi connectivity index (χ1) is 7.83. The van der Waals surface area contributed by atoms with Gasteiger partial charge in [0.1, 0.15) is 6.10 Å². The van der Waals surface area contributed by atoms with Crippen molar-refractivity contribution in [2.75, 3.05) is 26.3 Å². The van der Waals surface area contributed by atoms with Crippen molar-refractivity contribution in [3.63, 3.8) is 0 Å². The first-order valence-corrected chi connectivity index (χ1v) is 6.32. The molecule has 2 unspecified atom stereocenters. The van der Waals surface area contributed by atoms with Gasteiger partial charge in [-0.2, -0.15) is 0 Å². The summed E-state index contributed by atoms with van der Waals surface area (Å²) in [6.45, 7) is 3.49. The van der Waals surface area contributed by atoms with Crippen LogP contribution in [0.2, 0.25) is 0 Å². The Morgan fingerprint density at radius 3 is 2.62 bits per heavy atom. The van der Waals surface area contributed by atoms with E-state index in [1.54, 1.807) is 0 Å². The van der Waals surface area contributed by atoms with Gasteiger partial charge in [0, 0.05) is 6.42 Å². The molecule has 90 valence electrons. The van der Waals surface area contributed by atoms with Crippen LogP contribution in [0.5, 0.6) is 0 Å². The summed E-state index contributed by atoms with van der Waals surface area (Å²) in [5.41, 5.74) is 0. The molecule has 0 bridgehead atoms. The summed E-state index contributed by atoms with van der Waals surface area (Å²) < 4.78 is 10.7. The molecule has 0 aromatic heterocycles. The number of rotatable bonds is 2. The highest BCUT2D eigenvalue weighted by atomic mass is 16.6. The Hall–Kier alpha value is -0.610. The number of fused-ring (bicyclic) bond motifs is 1. The predicted molar refractivity (Wildman–Crippen MR) is 57.9 cm³/mol. The lowest BCUT2D eigenvalue weighted by molar-refractivity contribution is -0.154. The molecule has 2 heterocycles. The van der Waals surface area contributed by atoms with Crippen LogP contribution < -0.4 is 5.32 Å². The highest BCUT2D eigenvalue weighted by molar-refractivity contribution is 5.73. The number of hydrogen-bond donors (Lipinski definition) is 1. The Labute approximate surface area is 95.7 Å². The van der Waals surface area contributed by atoms with E-state index < -0.39 is 0 Å². The quantitative estimate of drug-likeness (QED) is 0.698. The first-order valence-electron chi connectivity index (χ1n) is 6.32. The van der Waals surface area contributed by atoms with Crippen LogP contribution in [0.25, 0.3) is 0 Å². The van der Waals surface area contributed by atoms with Gasteiger partial charge in [0.2, 0.25) is 0 Å². The van der Waals surface area contributed by atoms with E-state index in [0.29, 0.717) is 18.4 Å². The maximum absolute atomic E-state index is 11.9. The SMILES string of the molecule is O=C(OC1CCOC1)C1C[C@H]2CNC[C@H]2C1. The smallest absolute Gasteiger partial charge is 0.309 e. The van der Waals surface area contributed by atoms with Crippen molar-refractivity contribution in [3.05, 3.63) is 0 Å². The van der Waals surface area contributed by atoms with Crippen molar-refractivity contribution in [1.29, 1.82) is 0 Å². The lowest BCUT2D eigenvalue weighted by atomic mass is 10.0. The van der Waals surface area contributed by atoms with Crippen molar-refractivity contribution in [3.8, 4) is 0 Å². The van der Waals surface area contributed by atoms with Crippen molar-refractivity contribution in [2.45, 2.75) is 25.4 Å². The van der Waals surface area contributed by atoms with E-state index in [4.69, 9.17) is 9.47 Å². The van der Waals surface area contributed by atoms with Gasteiger partial charge in [-0.05, 0) is 37.8 Å². The summed E-state index contributed by atoms with van der Waals surface area (Å²) in [6, 6.07) is 0. The van der Waals surface area contributed by atoms with Crippen LogP contribution in [0, 0.1) is 17.8 Å². The molecule has 16 heavy (non-hydrogen) atoms. The Morgan fingerprint density at radius 2 is 2.00 bits per heavy atom. The van der Waals surface area contributed by atoms with Crippen molar-refractivity contribution in [1.82, 2.24) is 5.32 Å². The summed E-state index contributed by atoms with van der Waals surface area (Å²) in [6.07, 6.45) is 2.92. The second-order valence-corrected chi connectivity index (χ2v) is 5.27. The van der Waals surface area contributed by atoms with Gasteiger partial charge in [0.05, 0.1) is 19.1 Å². The van der Waals surface area contributed by atoms with Crippen LogP contribution in [0.1, 0.15) is 19.3 Å². The van der Waals surface area contributed by atoms with E-state index in [1.165, 1.54) is 0 Å². The third-order valence-corrected chi connectivity index (χ3v) is 4.16. The average molecular weight is 225 g/mol. The Kier molecular flexibility index (Phi) is 2.86. The molecule has 0 amide bonds. The highest BCUT2D eigenvalue weighted by Gasteiger charge is 2.41. The second-order valence-electron chi connectivity index (χ2n) is 5.27. The second kappa shape index (κ2) is 4.34. The molecule has 2 aliphatic heterocycles. The molecule has 1 saturated carbocycles. The molecule has 4 nitrogen and oxygen atoms in total. The summed E-state index contributed by atoms with van der Waals surface area (Å²) in [7, 11) is 0. The minimum Gasteiger partial charge on any atom is -0.460 e. The molecule has 3 aliphatic rings. The van der Waals surface area contributed by atoms with Crippen molar-refractivity contribution >= 4 is 5.97 Å². The summed E-state index contributed by atoms with van der Waals surface area (Å²) in [4.78, 5) is 11.9. The van der Waals surface area contributed by atoms with Gasteiger partial charge in [-0.1, -0.05) is 0 Å².